The highest BCUT2D eigenvalue weighted by molar-refractivity contribution is 5.30. The van der Waals surface area contributed by atoms with Gasteiger partial charge in [-0.1, -0.05) is 26.2 Å². The number of rotatable bonds is 6. The third kappa shape index (κ3) is 3.70. The first-order valence-corrected chi connectivity index (χ1v) is 7.19. The van der Waals surface area contributed by atoms with Crippen LogP contribution in [0.5, 0.6) is 0 Å². The number of piperazine rings is 1. The summed E-state index contributed by atoms with van der Waals surface area (Å²) in [5.41, 5.74) is 0. The minimum absolute atomic E-state index is 0.519. The molecule has 1 unspecified atom stereocenters. The zero-order valence-corrected chi connectivity index (χ0v) is 11.6. The molecule has 5 heteroatoms. The quantitative estimate of drug-likeness (QED) is 0.756. The van der Waals surface area contributed by atoms with Crippen LogP contribution in [0.4, 0.5) is 5.95 Å². The first-order valence-electron chi connectivity index (χ1n) is 7.19. The molecule has 2 heterocycles. The number of aryl methyl sites for hydroxylation is 1. The molecule has 1 saturated heterocycles. The van der Waals surface area contributed by atoms with Crippen molar-refractivity contribution in [1.82, 2.24) is 20.5 Å². The van der Waals surface area contributed by atoms with Crippen LogP contribution in [-0.2, 0) is 6.42 Å². The molecule has 0 radical (unpaired) electrons. The fraction of sp³-hybridized carbons (Fsp3) is 0.846. The summed E-state index contributed by atoms with van der Waals surface area (Å²) >= 11 is 0. The van der Waals surface area contributed by atoms with Crippen molar-refractivity contribution in [2.24, 2.45) is 0 Å². The van der Waals surface area contributed by atoms with Gasteiger partial charge in [-0.25, -0.2) is 0 Å². The molecule has 0 amide bonds. The van der Waals surface area contributed by atoms with E-state index < -0.39 is 0 Å². The second kappa shape index (κ2) is 6.73. The molecule has 0 saturated carbocycles. The summed E-state index contributed by atoms with van der Waals surface area (Å²) in [6.07, 6.45) is 6.11. The Hall–Kier alpha value is -1.10. The Kier molecular flexibility index (Phi) is 4.99. The lowest BCUT2D eigenvalue weighted by Gasteiger charge is -2.30. The molecular formula is C13H25N5. The largest absolute Gasteiger partial charge is 0.337 e. The predicted molar refractivity (Wildman–Crippen MR) is 73.9 cm³/mol. The Morgan fingerprint density at radius 2 is 2.22 bits per heavy atom. The SMILES string of the molecule is CCCCCCc1nc(N2CCNC(C)C2)n[nH]1. The molecule has 102 valence electrons. The number of hydrogen-bond acceptors (Lipinski definition) is 4. The molecule has 1 aliphatic rings. The van der Waals surface area contributed by atoms with E-state index >= 15 is 0 Å². The number of H-pyrrole nitrogens is 1. The summed E-state index contributed by atoms with van der Waals surface area (Å²) in [6.45, 7) is 7.44. The topological polar surface area (TPSA) is 56.8 Å². The van der Waals surface area contributed by atoms with Gasteiger partial charge in [0.25, 0.3) is 0 Å². The lowest BCUT2D eigenvalue weighted by atomic mass is 10.1. The second-order valence-electron chi connectivity index (χ2n) is 5.19. The Morgan fingerprint density at radius 3 is 3.00 bits per heavy atom. The van der Waals surface area contributed by atoms with Gasteiger partial charge in [-0.2, -0.15) is 4.98 Å². The van der Waals surface area contributed by atoms with E-state index in [0.29, 0.717) is 6.04 Å². The Labute approximate surface area is 109 Å². The average molecular weight is 251 g/mol. The van der Waals surface area contributed by atoms with Crippen LogP contribution in [0, 0.1) is 0 Å². The molecule has 1 aliphatic heterocycles. The summed E-state index contributed by atoms with van der Waals surface area (Å²) in [6, 6.07) is 0.519. The van der Waals surface area contributed by atoms with Gasteiger partial charge in [0.05, 0.1) is 0 Å². The fourth-order valence-corrected chi connectivity index (χ4v) is 2.37. The van der Waals surface area contributed by atoms with Gasteiger partial charge in [0.2, 0.25) is 5.95 Å². The summed E-state index contributed by atoms with van der Waals surface area (Å²) in [5.74, 6) is 1.90. The van der Waals surface area contributed by atoms with Gasteiger partial charge in [0.1, 0.15) is 5.82 Å². The lowest BCUT2D eigenvalue weighted by molar-refractivity contribution is 0.479. The normalized spacial score (nSPS) is 20.3. The minimum atomic E-state index is 0.519. The van der Waals surface area contributed by atoms with Crippen LogP contribution in [-0.4, -0.2) is 40.9 Å². The standard InChI is InChI=1S/C13H25N5/c1-3-4-5-6-7-12-15-13(17-16-12)18-9-8-14-11(2)10-18/h11,14H,3-10H2,1-2H3,(H,15,16,17). The predicted octanol–water partition coefficient (Wildman–Crippen LogP) is 1.73. The molecule has 0 aliphatic carbocycles. The number of nitrogens with zero attached hydrogens (tertiary/aromatic N) is 3. The van der Waals surface area contributed by atoms with Crippen LogP contribution in [0.25, 0.3) is 0 Å². The molecule has 1 atom stereocenters. The zero-order valence-electron chi connectivity index (χ0n) is 11.6. The van der Waals surface area contributed by atoms with E-state index in [2.05, 4.69) is 39.2 Å². The van der Waals surface area contributed by atoms with E-state index in [-0.39, 0.29) is 0 Å². The van der Waals surface area contributed by atoms with E-state index in [0.717, 1.165) is 37.8 Å². The summed E-state index contributed by atoms with van der Waals surface area (Å²) in [7, 11) is 0. The maximum atomic E-state index is 4.60. The van der Waals surface area contributed by atoms with E-state index in [1.54, 1.807) is 0 Å². The van der Waals surface area contributed by atoms with Crippen LogP contribution in [0.2, 0.25) is 0 Å². The van der Waals surface area contributed by atoms with Crippen LogP contribution >= 0.6 is 0 Å². The van der Waals surface area contributed by atoms with Crippen molar-refractivity contribution in [3.8, 4) is 0 Å². The van der Waals surface area contributed by atoms with Gasteiger partial charge in [-0.05, 0) is 13.3 Å². The van der Waals surface area contributed by atoms with Crippen LogP contribution < -0.4 is 10.2 Å². The number of aromatic nitrogens is 3. The smallest absolute Gasteiger partial charge is 0.244 e. The molecule has 0 aromatic carbocycles. The Bertz CT molecular complexity index is 349. The van der Waals surface area contributed by atoms with Gasteiger partial charge in [-0.15, -0.1) is 5.10 Å². The van der Waals surface area contributed by atoms with Crippen molar-refractivity contribution in [3.05, 3.63) is 5.82 Å². The first kappa shape index (κ1) is 13.3. The third-order valence-corrected chi connectivity index (χ3v) is 3.44. The highest BCUT2D eigenvalue weighted by atomic mass is 15.4. The third-order valence-electron chi connectivity index (χ3n) is 3.44. The monoisotopic (exact) mass is 251 g/mol. The zero-order chi connectivity index (χ0) is 12.8. The summed E-state index contributed by atoms with van der Waals surface area (Å²) in [5, 5.41) is 10.8. The van der Waals surface area contributed by atoms with E-state index in [4.69, 9.17) is 0 Å². The molecule has 5 nitrogen and oxygen atoms in total. The molecule has 2 rings (SSSR count). The first-order chi connectivity index (χ1) is 8.79. The molecule has 18 heavy (non-hydrogen) atoms. The second-order valence-corrected chi connectivity index (χ2v) is 5.19. The van der Waals surface area contributed by atoms with Crippen LogP contribution in [0.3, 0.4) is 0 Å². The lowest BCUT2D eigenvalue weighted by Crippen LogP contribution is -2.49. The van der Waals surface area contributed by atoms with Crippen molar-refractivity contribution >= 4 is 5.95 Å². The van der Waals surface area contributed by atoms with E-state index in [9.17, 15) is 0 Å². The van der Waals surface area contributed by atoms with Gasteiger partial charge in [0.15, 0.2) is 0 Å². The van der Waals surface area contributed by atoms with E-state index in [1.165, 1.54) is 25.7 Å². The van der Waals surface area contributed by atoms with Crippen molar-refractivity contribution < 1.29 is 0 Å². The maximum Gasteiger partial charge on any atom is 0.244 e. The van der Waals surface area contributed by atoms with E-state index in [1.807, 2.05) is 0 Å². The Morgan fingerprint density at radius 1 is 1.33 bits per heavy atom. The van der Waals surface area contributed by atoms with Crippen molar-refractivity contribution in [2.45, 2.75) is 52.0 Å². The van der Waals surface area contributed by atoms with Crippen molar-refractivity contribution in [1.29, 1.82) is 0 Å². The van der Waals surface area contributed by atoms with Crippen molar-refractivity contribution in [3.63, 3.8) is 0 Å². The molecular weight excluding hydrogens is 226 g/mol. The number of anilines is 1. The van der Waals surface area contributed by atoms with Gasteiger partial charge in [0, 0.05) is 32.1 Å². The molecule has 0 spiro atoms. The number of hydrogen-bond donors (Lipinski definition) is 2. The van der Waals surface area contributed by atoms with Gasteiger partial charge in [-0.3, -0.25) is 5.10 Å². The van der Waals surface area contributed by atoms with Gasteiger partial charge < -0.3 is 10.2 Å². The highest BCUT2D eigenvalue weighted by Crippen LogP contribution is 2.11. The van der Waals surface area contributed by atoms with Crippen LogP contribution in [0.1, 0.15) is 45.4 Å². The number of unbranched alkanes of at least 4 members (excludes halogenated alkanes) is 3. The maximum absolute atomic E-state index is 4.60. The van der Waals surface area contributed by atoms with Crippen LogP contribution in [0.15, 0.2) is 0 Å². The van der Waals surface area contributed by atoms with Gasteiger partial charge >= 0.3 is 0 Å². The highest BCUT2D eigenvalue weighted by Gasteiger charge is 2.18. The molecule has 1 aromatic heterocycles. The molecule has 0 bridgehead atoms. The molecule has 2 N–H and O–H groups in total. The average Bonchev–Trinajstić information content (AvgIpc) is 2.83. The molecule has 1 aromatic rings. The minimum Gasteiger partial charge on any atom is -0.337 e. The fourth-order valence-electron chi connectivity index (χ4n) is 2.37. The number of aromatic amines is 1. The Balaban J connectivity index is 1.81. The van der Waals surface area contributed by atoms with Crippen molar-refractivity contribution in [2.75, 3.05) is 24.5 Å². The number of nitrogens with one attached hydrogen (secondary N) is 2. The summed E-state index contributed by atoms with van der Waals surface area (Å²) in [4.78, 5) is 6.85. The molecule has 1 fully saturated rings. The summed E-state index contributed by atoms with van der Waals surface area (Å²) < 4.78 is 0.